The van der Waals surface area contributed by atoms with Crippen molar-refractivity contribution < 1.29 is 18.4 Å². The summed E-state index contributed by atoms with van der Waals surface area (Å²) in [4.78, 5) is 23.0. The first-order valence-electron chi connectivity index (χ1n) is 5.95. The zero-order valence-electron chi connectivity index (χ0n) is 10.7. The molecule has 0 bridgehead atoms. The van der Waals surface area contributed by atoms with Gasteiger partial charge in [0.1, 0.15) is 6.04 Å². The van der Waals surface area contributed by atoms with E-state index in [1.807, 2.05) is 0 Å². The maximum Gasteiger partial charge on any atom is 0.255 e. The van der Waals surface area contributed by atoms with Crippen LogP contribution in [0.1, 0.15) is 29.6 Å². The predicted molar refractivity (Wildman–Crippen MR) is 69.5 cm³/mol. The molecule has 0 heterocycles. The molecule has 3 N–H and O–H groups in total. The second-order valence-corrected chi connectivity index (χ2v) is 4.13. The number of nitrogens with two attached hydrogens (primary N) is 1. The molecule has 0 aliphatic carbocycles. The van der Waals surface area contributed by atoms with E-state index in [-0.39, 0.29) is 6.42 Å². The Balaban J connectivity index is 2.78. The van der Waals surface area contributed by atoms with E-state index in [9.17, 15) is 18.4 Å². The molecule has 106 valence electrons. The van der Waals surface area contributed by atoms with Gasteiger partial charge in [-0.05, 0) is 25.0 Å². The van der Waals surface area contributed by atoms with Gasteiger partial charge < -0.3 is 11.1 Å². The minimum absolute atomic E-state index is 0.238. The fourth-order valence-corrected chi connectivity index (χ4v) is 1.61. The third-order valence-corrected chi connectivity index (χ3v) is 2.66. The summed E-state index contributed by atoms with van der Waals surface area (Å²) in [5, 5.41) is 2.27. The Labute approximate surface area is 115 Å². The highest BCUT2D eigenvalue weighted by molar-refractivity contribution is 5.97. The molecule has 6 heteroatoms. The van der Waals surface area contributed by atoms with E-state index in [4.69, 9.17) is 12.2 Å². The molecular weight excluding hydrogens is 266 g/mol. The monoisotopic (exact) mass is 280 g/mol. The van der Waals surface area contributed by atoms with Gasteiger partial charge in [-0.3, -0.25) is 9.59 Å². The van der Waals surface area contributed by atoms with E-state index >= 15 is 0 Å². The first-order valence-corrected chi connectivity index (χ1v) is 5.95. The van der Waals surface area contributed by atoms with Crippen LogP contribution in [-0.4, -0.2) is 17.9 Å². The fraction of sp³-hybridized carbons (Fsp3) is 0.286. The molecule has 0 fully saturated rings. The summed E-state index contributed by atoms with van der Waals surface area (Å²) in [5.41, 5.74) is 4.66. The first kappa shape index (κ1) is 15.6. The van der Waals surface area contributed by atoms with Crippen LogP contribution in [-0.2, 0) is 4.79 Å². The SMILES string of the molecule is C#CCCC[C@@H](NC(=O)c1cccc(F)c1F)C(N)=O. The number of hydrogen-bond donors (Lipinski definition) is 2. The Morgan fingerprint density at radius 2 is 2.10 bits per heavy atom. The lowest BCUT2D eigenvalue weighted by Gasteiger charge is -2.15. The van der Waals surface area contributed by atoms with Crippen molar-refractivity contribution in [3.05, 3.63) is 35.4 Å². The summed E-state index contributed by atoms with van der Waals surface area (Å²) < 4.78 is 26.4. The molecule has 0 aliphatic rings. The molecule has 0 saturated carbocycles. The van der Waals surface area contributed by atoms with Crippen molar-refractivity contribution >= 4 is 11.8 Å². The van der Waals surface area contributed by atoms with Crippen LogP contribution in [0.15, 0.2) is 18.2 Å². The van der Waals surface area contributed by atoms with Crippen molar-refractivity contribution in [2.45, 2.75) is 25.3 Å². The highest BCUT2D eigenvalue weighted by Crippen LogP contribution is 2.12. The van der Waals surface area contributed by atoms with E-state index in [2.05, 4.69) is 11.2 Å². The molecule has 1 atom stereocenters. The molecule has 0 aromatic heterocycles. The summed E-state index contributed by atoms with van der Waals surface area (Å²) in [7, 11) is 0. The topological polar surface area (TPSA) is 72.2 Å². The van der Waals surface area contributed by atoms with Gasteiger partial charge >= 0.3 is 0 Å². The Morgan fingerprint density at radius 1 is 1.40 bits per heavy atom. The van der Waals surface area contributed by atoms with Crippen LogP contribution in [0, 0.1) is 24.0 Å². The predicted octanol–water partition coefficient (Wildman–Crippen LogP) is 1.35. The number of terminal acetylenes is 1. The summed E-state index contributed by atoms with van der Waals surface area (Å²) in [6.45, 7) is 0. The van der Waals surface area contributed by atoms with Crippen molar-refractivity contribution in [2.24, 2.45) is 5.73 Å². The average Bonchev–Trinajstić information content (AvgIpc) is 2.40. The van der Waals surface area contributed by atoms with Gasteiger partial charge in [0.15, 0.2) is 11.6 Å². The summed E-state index contributed by atoms with van der Waals surface area (Å²) in [6, 6.07) is 2.24. The third kappa shape index (κ3) is 4.05. The quantitative estimate of drug-likeness (QED) is 0.610. The van der Waals surface area contributed by atoms with Crippen molar-refractivity contribution in [3.63, 3.8) is 0 Å². The van der Waals surface area contributed by atoms with Gasteiger partial charge in [-0.25, -0.2) is 8.78 Å². The zero-order chi connectivity index (χ0) is 15.1. The summed E-state index contributed by atoms with van der Waals surface area (Å²) >= 11 is 0. The molecule has 0 unspecified atom stereocenters. The van der Waals surface area contributed by atoms with Crippen LogP contribution in [0.3, 0.4) is 0 Å². The number of nitrogens with one attached hydrogen (secondary N) is 1. The van der Waals surface area contributed by atoms with Crippen LogP contribution in [0.4, 0.5) is 8.78 Å². The maximum absolute atomic E-state index is 13.4. The molecule has 0 saturated heterocycles. The smallest absolute Gasteiger partial charge is 0.255 e. The lowest BCUT2D eigenvalue weighted by molar-refractivity contribution is -0.120. The van der Waals surface area contributed by atoms with Gasteiger partial charge in [-0.2, -0.15) is 0 Å². The van der Waals surface area contributed by atoms with Crippen molar-refractivity contribution in [3.8, 4) is 12.3 Å². The van der Waals surface area contributed by atoms with Crippen molar-refractivity contribution in [1.82, 2.24) is 5.32 Å². The van der Waals surface area contributed by atoms with Crippen LogP contribution in [0.25, 0.3) is 0 Å². The molecule has 1 rings (SSSR count). The molecule has 0 aliphatic heterocycles. The highest BCUT2D eigenvalue weighted by Gasteiger charge is 2.21. The lowest BCUT2D eigenvalue weighted by Crippen LogP contribution is -2.44. The van der Waals surface area contributed by atoms with Crippen molar-refractivity contribution in [1.29, 1.82) is 0 Å². The van der Waals surface area contributed by atoms with Gasteiger partial charge in [0.25, 0.3) is 5.91 Å². The Hall–Kier alpha value is -2.42. The van der Waals surface area contributed by atoms with Crippen LogP contribution >= 0.6 is 0 Å². The Bertz CT molecular complexity index is 553. The number of unbranched alkanes of at least 4 members (excludes halogenated alkanes) is 1. The highest BCUT2D eigenvalue weighted by atomic mass is 19.2. The largest absolute Gasteiger partial charge is 0.368 e. The molecule has 1 aromatic rings. The standard InChI is InChI=1S/C14H14F2N2O2/c1-2-3-4-8-11(13(17)19)18-14(20)9-6-5-7-10(15)12(9)16/h1,5-7,11H,3-4,8H2,(H2,17,19)(H,18,20)/t11-/m1/s1. The van der Waals surface area contributed by atoms with Gasteiger partial charge in [0, 0.05) is 6.42 Å². The number of amides is 2. The molecule has 2 amide bonds. The number of benzene rings is 1. The van der Waals surface area contributed by atoms with Gasteiger partial charge in [0.2, 0.25) is 5.91 Å². The number of primary amides is 1. The molecule has 1 aromatic carbocycles. The minimum atomic E-state index is -1.27. The molecule has 0 spiro atoms. The van der Waals surface area contributed by atoms with E-state index in [1.54, 1.807) is 0 Å². The first-order chi connectivity index (χ1) is 9.47. The van der Waals surface area contributed by atoms with Gasteiger partial charge in [-0.15, -0.1) is 12.3 Å². The van der Waals surface area contributed by atoms with Gasteiger partial charge in [0.05, 0.1) is 5.56 Å². The average molecular weight is 280 g/mol. The summed E-state index contributed by atoms with van der Waals surface area (Å²) in [6.07, 6.45) is 6.22. The molecule has 20 heavy (non-hydrogen) atoms. The second-order valence-electron chi connectivity index (χ2n) is 4.13. The zero-order valence-corrected chi connectivity index (χ0v) is 10.7. The Morgan fingerprint density at radius 3 is 2.70 bits per heavy atom. The van der Waals surface area contributed by atoms with E-state index < -0.39 is 35.1 Å². The van der Waals surface area contributed by atoms with Crippen molar-refractivity contribution in [2.75, 3.05) is 0 Å². The Kier molecular flexibility index (Phi) is 5.66. The fourth-order valence-electron chi connectivity index (χ4n) is 1.61. The molecular formula is C14H14F2N2O2. The van der Waals surface area contributed by atoms with Gasteiger partial charge in [-0.1, -0.05) is 6.07 Å². The second kappa shape index (κ2) is 7.24. The number of carbonyl (C=O) groups is 2. The van der Waals surface area contributed by atoms with Crippen LogP contribution in [0.5, 0.6) is 0 Å². The normalized spacial score (nSPS) is 11.4. The van der Waals surface area contributed by atoms with E-state index in [0.717, 1.165) is 12.1 Å². The van der Waals surface area contributed by atoms with E-state index in [1.165, 1.54) is 6.07 Å². The van der Waals surface area contributed by atoms with E-state index in [0.29, 0.717) is 12.8 Å². The number of carbonyl (C=O) groups excluding carboxylic acids is 2. The lowest BCUT2D eigenvalue weighted by atomic mass is 10.1. The van der Waals surface area contributed by atoms with Crippen LogP contribution in [0.2, 0.25) is 0 Å². The third-order valence-electron chi connectivity index (χ3n) is 2.66. The maximum atomic E-state index is 13.4. The molecule has 4 nitrogen and oxygen atoms in total. The number of halogens is 2. The minimum Gasteiger partial charge on any atom is -0.368 e. The van der Waals surface area contributed by atoms with Crippen LogP contribution < -0.4 is 11.1 Å². The molecule has 0 radical (unpaired) electrons. The summed E-state index contributed by atoms with van der Waals surface area (Å²) in [5.74, 6) is -1.67. The number of hydrogen-bond acceptors (Lipinski definition) is 2. The number of rotatable bonds is 6.